The van der Waals surface area contributed by atoms with Crippen LogP contribution < -0.4 is 4.74 Å². The second-order valence-electron chi connectivity index (χ2n) is 5.84. The summed E-state index contributed by atoms with van der Waals surface area (Å²) < 4.78 is 33.4. The van der Waals surface area contributed by atoms with Crippen molar-refractivity contribution >= 4 is 26.0 Å². The van der Waals surface area contributed by atoms with Crippen LogP contribution in [0.2, 0.25) is 0 Å². The number of rotatable bonds is 5. The van der Waals surface area contributed by atoms with E-state index >= 15 is 0 Å². The monoisotopic (exact) mass is 425 g/mol. The zero-order valence-electron chi connectivity index (χ0n) is 13.9. The van der Waals surface area contributed by atoms with Crippen LogP contribution in [0.5, 0.6) is 5.75 Å². The van der Waals surface area contributed by atoms with Gasteiger partial charge in [-0.3, -0.25) is 9.88 Å². The maximum absolute atomic E-state index is 13.0. The molecule has 1 saturated heterocycles. The van der Waals surface area contributed by atoms with E-state index in [4.69, 9.17) is 4.74 Å². The topological polar surface area (TPSA) is 62.7 Å². The first-order valence-electron chi connectivity index (χ1n) is 7.95. The lowest BCUT2D eigenvalue weighted by atomic mass is 10.2. The molecule has 1 fully saturated rings. The molecule has 0 bridgehead atoms. The number of aromatic nitrogens is 1. The molecule has 3 rings (SSSR count). The maximum Gasteiger partial charge on any atom is 0.246 e. The molecule has 0 unspecified atom stereocenters. The van der Waals surface area contributed by atoms with E-state index in [0.29, 0.717) is 36.4 Å². The molecule has 1 aromatic heterocycles. The zero-order valence-corrected chi connectivity index (χ0v) is 16.3. The Kier molecular flexibility index (Phi) is 5.73. The Balaban J connectivity index is 1.71. The van der Waals surface area contributed by atoms with Crippen LogP contribution in [-0.2, 0) is 16.6 Å². The van der Waals surface area contributed by atoms with E-state index in [0.717, 1.165) is 12.1 Å². The highest BCUT2D eigenvalue weighted by molar-refractivity contribution is 9.10. The molecule has 2 heterocycles. The predicted molar refractivity (Wildman–Crippen MR) is 99.0 cm³/mol. The molecule has 0 N–H and O–H groups in total. The smallest absolute Gasteiger partial charge is 0.246 e. The van der Waals surface area contributed by atoms with Crippen molar-refractivity contribution in [2.75, 3.05) is 33.3 Å². The van der Waals surface area contributed by atoms with Crippen molar-refractivity contribution in [2.45, 2.75) is 11.4 Å². The minimum Gasteiger partial charge on any atom is -0.495 e. The zero-order chi connectivity index (χ0) is 17.9. The minimum atomic E-state index is -3.58. The number of benzene rings is 1. The molecule has 0 aliphatic carbocycles. The summed E-state index contributed by atoms with van der Waals surface area (Å²) in [5, 5.41) is 0. The second kappa shape index (κ2) is 7.82. The van der Waals surface area contributed by atoms with Gasteiger partial charge in [-0.15, -0.1) is 0 Å². The Hall–Kier alpha value is -1.48. The third kappa shape index (κ3) is 4.20. The molecule has 2 aromatic rings. The summed E-state index contributed by atoms with van der Waals surface area (Å²) in [5.41, 5.74) is 1.13. The van der Waals surface area contributed by atoms with Gasteiger partial charge in [0.05, 0.1) is 7.11 Å². The van der Waals surface area contributed by atoms with Gasteiger partial charge in [-0.05, 0) is 29.8 Å². The van der Waals surface area contributed by atoms with Crippen molar-refractivity contribution in [2.24, 2.45) is 0 Å². The number of hydrogen-bond acceptors (Lipinski definition) is 5. The molecule has 134 valence electrons. The predicted octanol–water partition coefficient (Wildman–Crippen LogP) is 2.36. The molecular formula is C17H20BrN3O3S. The summed E-state index contributed by atoms with van der Waals surface area (Å²) in [4.78, 5) is 6.56. The second-order valence-corrected chi connectivity index (χ2v) is 8.66. The normalized spacial score (nSPS) is 16.7. The molecule has 25 heavy (non-hydrogen) atoms. The third-order valence-electron chi connectivity index (χ3n) is 4.20. The van der Waals surface area contributed by atoms with Crippen molar-refractivity contribution in [3.63, 3.8) is 0 Å². The third-order valence-corrected chi connectivity index (χ3v) is 6.62. The number of halogens is 1. The van der Waals surface area contributed by atoms with Crippen molar-refractivity contribution in [3.05, 3.63) is 52.8 Å². The van der Waals surface area contributed by atoms with Crippen molar-refractivity contribution in [3.8, 4) is 5.75 Å². The summed E-state index contributed by atoms with van der Waals surface area (Å²) in [6.07, 6.45) is 3.59. The van der Waals surface area contributed by atoms with E-state index in [2.05, 4.69) is 25.8 Å². The average Bonchev–Trinajstić information content (AvgIpc) is 2.63. The number of nitrogens with zero attached hydrogens (tertiary/aromatic N) is 3. The molecule has 0 saturated carbocycles. The average molecular weight is 426 g/mol. The maximum atomic E-state index is 13.0. The summed E-state index contributed by atoms with van der Waals surface area (Å²) in [6, 6.07) is 8.97. The van der Waals surface area contributed by atoms with E-state index in [1.165, 1.54) is 11.4 Å². The number of piperazine rings is 1. The van der Waals surface area contributed by atoms with Crippen LogP contribution >= 0.6 is 15.9 Å². The van der Waals surface area contributed by atoms with Gasteiger partial charge < -0.3 is 4.74 Å². The van der Waals surface area contributed by atoms with Crippen LogP contribution in [0.4, 0.5) is 0 Å². The van der Waals surface area contributed by atoms with E-state index < -0.39 is 10.0 Å². The number of hydrogen-bond donors (Lipinski definition) is 0. The lowest BCUT2D eigenvalue weighted by molar-refractivity contribution is 0.181. The number of sulfonamides is 1. The molecule has 0 atom stereocenters. The standard InChI is InChI=1S/C17H20BrN3O3S/c1-24-16-5-4-15(18)11-17(16)25(22,23)21-9-7-20(8-10-21)13-14-3-2-6-19-12-14/h2-6,11-12H,7-10,13H2,1H3. The summed E-state index contributed by atoms with van der Waals surface area (Å²) in [5.74, 6) is 0.362. The van der Waals surface area contributed by atoms with Crippen molar-refractivity contribution < 1.29 is 13.2 Å². The van der Waals surface area contributed by atoms with Crippen LogP contribution in [0.15, 0.2) is 52.1 Å². The van der Waals surface area contributed by atoms with Gasteiger partial charge in [-0.25, -0.2) is 8.42 Å². The highest BCUT2D eigenvalue weighted by Gasteiger charge is 2.31. The summed E-state index contributed by atoms with van der Waals surface area (Å²) in [7, 11) is -2.10. The Morgan fingerprint density at radius 1 is 1.20 bits per heavy atom. The molecule has 1 aromatic carbocycles. The fraction of sp³-hybridized carbons (Fsp3) is 0.353. The first kappa shape index (κ1) is 18.3. The molecule has 1 aliphatic heterocycles. The molecular weight excluding hydrogens is 406 g/mol. The highest BCUT2D eigenvalue weighted by atomic mass is 79.9. The molecule has 0 amide bonds. The largest absolute Gasteiger partial charge is 0.495 e. The van der Waals surface area contributed by atoms with Crippen LogP contribution in [-0.4, -0.2) is 55.9 Å². The number of ether oxygens (including phenoxy) is 1. The Labute approximate surface area is 156 Å². The van der Waals surface area contributed by atoms with E-state index in [9.17, 15) is 8.42 Å². The van der Waals surface area contributed by atoms with Gasteiger partial charge in [0.25, 0.3) is 0 Å². The fourth-order valence-electron chi connectivity index (χ4n) is 2.87. The van der Waals surface area contributed by atoms with Crippen LogP contribution in [0.3, 0.4) is 0 Å². The number of pyridine rings is 1. The lowest BCUT2D eigenvalue weighted by Gasteiger charge is -2.34. The van der Waals surface area contributed by atoms with E-state index in [-0.39, 0.29) is 4.90 Å². The highest BCUT2D eigenvalue weighted by Crippen LogP contribution is 2.30. The van der Waals surface area contributed by atoms with E-state index in [1.54, 1.807) is 24.4 Å². The van der Waals surface area contributed by atoms with Crippen LogP contribution in [0.1, 0.15) is 5.56 Å². The summed E-state index contributed by atoms with van der Waals surface area (Å²) in [6.45, 7) is 3.06. The summed E-state index contributed by atoms with van der Waals surface area (Å²) >= 11 is 3.34. The minimum absolute atomic E-state index is 0.199. The van der Waals surface area contributed by atoms with Gasteiger partial charge in [-0.1, -0.05) is 22.0 Å². The Morgan fingerprint density at radius 2 is 1.96 bits per heavy atom. The van der Waals surface area contributed by atoms with Crippen LogP contribution in [0.25, 0.3) is 0 Å². The van der Waals surface area contributed by atoms with Crippen LogP contribution in [0, 0.1) is 0 Å². The van der Waals surface area contributed by atoms with E-state index in [1.807, 2.05) is 18.3 Å². The SMILES string of the molecule is COc1ccc(Br)cc1S(=O)(=O)N1CCN(Cc2cccnc2)CC1. The quantitative estimate of drug-likeness (QED) is 0.735. The fourth-order valence-corrected chi connectivity index (χ4v) is 4.99. The molecule has 0 radical (unpaired) electrons. The Morgan fingerprint density at radius 3 is 2.60 bits per heavy atom. The van der Waals surface area contributed by atoms with Gasteiger partial charge in [0, 0.05) is 49.6 Å². The molecule has 6 nitrogen and oxygen atoms in total. The van der Waals surface area contributed by atoms with Gasteiger partial charge in [0.15, 0.2) is 0 Å². The van der Waals surface area contributed by atoms with Crippen molar-refractivity contribution in [1.29, 1.82) is 0 Å². The van der Waals surface area contributed by atoms with Gasteiger partial charge in [0.2, 0.25) is 10.0 Å². The number of methoxy groups -OCH3 is 1. The first-order chi connectivity index (χ1) is 12.0. The molecule has 8 heteroatoms. The lowest BCUT2D eigenvalue weighted by Crippen LogP contribution is -2.48. The van der Waals surface area contributed by atoms with Gasteiger partial charge >= 0.3 is 0 Å². The Bertz CT molecular complexity index is 822. The van der Waals surface area contributed by atoms with Gasteiger partial charge in [0.1, 0.15) is 10.6 Å². The molecule has 1 aliphatic rings. The molecule has 0 spiro atoms. The first-order valence-corrected chi connectivity index (χ1v) is 10.2. The van der Waals surface area contributed by atoms with Crippen molar-refractivity contribution in [1.82, 2.24) is 14.2 Å². The van der Waals surface area contributed by atoms with Gasteiger partial charge in [-0.2, -0.15) is 4.31 Å².